The van der Waals surface area contributed by atoms with Gasteiger partial charge in [0.1, 0.15) is 43.7 Å². The Kier molecular flexibility index (Phi) is 18.4. The van der Waals surface area contributed by atoms with Crippen LogP contribution in [0.5, 0.6) is 0 Å². The third kappa shape index (κ3) is 11.3. The summed E-state index contributed by atoms with van der Waals surface area (Å²) in [6, 6.07) is 22.5. The molecule has 0 aromatic heterocycles. The van der Waals surface area contributed by atoms with E-state index in [0.717, 1.165) is 76.7 Å². The average molecular weight is 874 g/mol. The Balaban J connectivity index is 1.55. The van der Waals surface area contributed by atoms with Crippen molar-refractivity contribution in [3.63, 3.8) is 0 Å². The van der Waals surface area contributed by atoms with Gasteiger partial charge in [0.15, 0.2) is 31.2 Å². The van der Waals surface area contributed by atoms with Gasteiger partial charge in [0.25, 0.3) is 0 Å². The second-order valence-corrected chi connectivity index (χ2v) is 30.2. The first-order valence-corrected chi connectivity index (χ1v) is 29.6. The summed E-state index contributed by atoms with van der Waals surface area (Å²) < 4.78 is 46.1. The SMILES string of the molecule is CC[Si](CC)(CC)O[C@@H]1[C@H](O[Si](CC)(CC)CC)[C@@H](OC)O[C@H](COC(=O)C[C@H](NC(=O)OCC2c3ccccc3-c3ccccc32)C(=O)O)[C@H]1O[Si](CC)(CC)CC. The third-order valence-electron chi connectivity index (χ3n) is 13.5. The molecule has 0 spiro atoms. The van der Waals surface area contributed by atoms with Crippen molar-refractivity contribution in [3.8, 4) is 11.1 Å². The number of fused-ring (bicyclic) bond motifs is 3. The minimum absolute atomic E-state index is 0.000361. The molecule has 0 radical (unpaired) electrons. The van der Waals surface area contributed by atoms with Crippen molar-refractivity contribution >= 4 is 43.0 Å². The molecule has 1 fully saturated rings. The largest absolute Gasteiger partial charge is 0.480 e. The summed E-state index contributed by atoms with van der Waals surface area (Å²) in [4.78, 5) is 39.0. The number of alkyl carbamates (subject to hydrolysis) is 1. The molecular formula is C44H71NO11Si3. The highest BCUT2D eigenvalue weighted by Crippen LogP contribution is 2.45. The second-order valence-electron chi connectivity index (χ2n) is 16.0. The lowest BCUT2D eigenvalue weighted by molar-refractivity contribution is -0.286. The highest BCUT2D eigenvalue weighted by atomic mass is 28.4. The maximum absolute atomic E-state index is 13.5. The van der Waals surface area contributed by atoms with Gasteiger partial charge in [0.2, 0.25) is 0 Å². The van der Waals surface area contributed by atoms with Crippen LogP contribution in [0.4, 0.5) is 4.79 Å². The molecule has 1 saturated heterocycles. The van der Waals surface area contributed by atoms with E-state index in [9.17, 15) is 19.5 Å². The van der Waals surface area contributed by atoms with Crippen LogP contribution < -0.4 is 5.32 Å². The molecule has 1 aliphatic carbocycles. The molecule has 0 unspecified atom stereocenters. The van der Waals surface area contributed by atoms with Gasteiger partial charge in [0, 0.05) is 13.0 Å². The second kappa shape index (κ2) is 22.3. The lowest BCUT2D eigenvalue weighted by Crippen LogP contribution is -2.67. The molecule has 4 rings (SSSR count). The first-order valence-electron chi connectivity index (χ1n) is 22.0. The van der Waals surface area contributed by atoms with Crippen LogP contribution in [-0.2, 0) is 41.8 Å². The lowest BCUT2D eigenvalue weighted by Gasteiger charge is -2.52. The summed E-state index contributed by atoms with van der Waals surface area (Å²) in [5, 5.41) is 12.5. The number of carboxylic acids is 1. The zero-order valence-electron chi connectivity index (χ0n) is 37.2. The number of aliphatic carboxylic acids is 1. The van der Waals surface area contributed by atoms with Crippen molar-refractivity contribution in [2.75, 3.05) is 20.3 Å². The zero-order valence-corrected chi connectivity index (χ0v) is 40.2. The van der Waals surface area contributed by atoms with Gasteiger partial charge in [0.05, 0.1) is 6.42 Å². The van der Waals surface area contributed by atoms with E-state index in [0.29, 0.717) is 0 Å². The van der Waals surface area contributed by atoms with Crippen molar-refractivity contribution in [3.05, 3.63) is 59.7 Å². The molecule has 0 bridgehead atoms. The maximum atomic E-state index is 13.5. The van der Waals surface area contributed by atoms with E-state index < -0.39 is 86.2 Å². The number of rotatable bonds is 24. The van der Waals surface area contributed by atoms with E-state index in [2.05, 4.69) is 67.6 Å². The monoisotopic (exact) mass is 873 g/mol. The van der Waals surface area contributed by atoms with Gasteiger partial charge in [-0.05, 0) is 76.7 Å². The fraction of sp³-hybridized carbons (Fsp3) is 0.659. The molecule has 1 heterocycles. The maximum Gasteiger partial charge on any atom is 0.407 e. The van der Waals surface area contributed by atoms with E-state index in [4.69, 9.17) is 32.2 Å². The number of ether oxygens (including phenoxy) is 4. The number of hydrogen-bond acceptors (Lipinski definition) is 10. The average Bonchev–Trinajstić information content (AvgIpc) is 3.59. The standard InChI is InChI=1S/C44H71NO11Si3/c1-11-57(12-2,13-3)54-39-37(53-43(50-10)41(56-59(17-7,18-8)19-9)40(39)55-58(14-4,15-5)16-6)30-51-38(46)28-36(42(47)48)45-44(49)52-29-35-33-26-22-20-24-31(33)32-25-21-23-27-34(32)35/h20-27,35-37,39-41,43H,11-19,28-30H2,1-10H3,(H,45,49)(H,47,48)/t36-,37+,39+,40-,41-,43-/m0/s1. The van der Waals surface area contributed by atoms with E-state index in [1.54, 1.807) is 7.11 Å². The summed E-state index contributed by atoms with van der Waals surface area (Å²) in [5.74, 6) is -2.42. The minimum atomic E-state index is -2.32. The summed E-state index contributed by atoms with van der Waals surface area (Å²) in [5.41, 5.74) is 4.20. The first-order chi connectivity index (χ1) is 28.3. The minimum Gasteiger partial charge on any atom is -0.480 e. The van der Waals surface area contributed by atoms with Crippen LogP contribution in [-0.4, -0.2) is 105 Å². The molecule has 2 aromatic rings. The molecule has 1 aliphatic heterocycles. The Morgan fingerprint density at radius 1 is 0.644 bits per heavy atom. The molecule has 330 valence electrons. The van der Waals surface area contributed by atoms with E-state index in [1.165, 1.54) is 0 Å². The highest BCUT2D eigenvalue weighted by molar-refractivity contribution is 6.74. The predicted octanol–water partition coefficient (Wildman–Crippen LogP) is 9.45. The zero-order chi connectivity index (χ0) is 43.4. The molecule has 6 atom stereocenters. The number of carbonyl (C=O) groups excluding carboxylic acids is 2. The van der Waals surface area contributed by atoms with Crippen LogP contribution in [0, 0.1) is 0 Å². The molecular weight excluding hydrogens is 803 g/mol. The van der Waals surface area contributed by atoms with E-state index in [1.807, 2.05) is 48.5 Å². The first kappa shape index (κ1) is 48.8. The van der Waals surface area contributed by atoms with Crippen molar-refractivity contribution in [2.24, 2.45) is 0 Å². The third-order valence-corrected chi connectivity index (χ3v) is 27.4. The number of carboxylic acid groups (broad SMARTS) is 1. The number of hydrogen-bond donors (Lipinski definition) is 2. The predicted molar refractivity (Wildman–Crippen MR) is 237 cm³/mol. The molecule has 2 aliphatic rings. The summed E-state index contributed by atoms with van der Waals surface area (Å²) >= 11 is 0. The highest BCUT2D eigenvalue weighted by Gasteiger charge is 2.55. The molecule has 0 saturated carbocycles. The Labute approximate surface area is 355 Å². The number of carbonyl (C=O) groups is 3. The van der Waals surface area contributed by atoms with Crippen molar-refractivity contribution < 1.29 is 51.7 Å². The van der Waals surface area contributed by atoms with Crippen LogP contribution in [0.15, 0.2) is 48.5 Å². The lowest BCUT2D eigenvalue weighted by atomic mass is 9.98. The number of methoxy groups -OCH3 is 1. The summed E-state index contributed by atoms with van der Waals surface area (Å²) in [6.45, 7) is 19.4. The molecule has 12 nitrogen and oxygen atoms in total. The number of amides is 1. The quantitative estimate of drug-likeness (QED) is 0.0768. The molecule has 2 N–H and O–H groups in total. The van der Waals surface area contributed by atoms with Crippen molar-refractivity contribution in [2.45, 2.75) is 166 Å². The van der Waals surface area contributed by atoms with Gasteiger partial charge in [-0.15, -0.1) is 0 Å². The Morgan fingerprint density at radius 3 is 1.53 bits per heavy atom. The topological polar surface area (TPSA) is 148 Å². The van der Waals surface area contributed by atoms with Crippen molar-refractivity contribution in [1.29, 1.82) is 0 Å². The van der Waals surface area contributed by atoms with Gasteiger partial charge in [-0.2, -0.15) is 0 Å². The van der Waals surface area contributed by atoms with Gasteiger partial charge < -0.3 is 42.6 Å². The molecule has 15 heteroatoms. The van der Waals surface area contributed by atoms with E-state index in [-0.39, 0.29) is 19.1 Å². The fourth-order valence-electron chi connectivity index (χ4n) is 8.85. The van der Waals surface area contributed by atoms with Gasteiger partial charge in [-0.1, -0.05) is 111 Å². The van der Waals surface area contributed by atoms with E-state index >= 15 is 0 Å². The molecule has 2 aromatic carbocycles. The van der Waals surface area contributed by atoms with Crippen molar-refractivity contribution in [1.82, 2.24) is 5.32 Å². The van der Waals surface area contributed by atoms with Crippen LogP contribution >= 0.6 is 0 Å². The number of benzene rings is 2. The van der Waals surface area contributed by atoms with Gasteiger partial charge in [-0.25, -0.2) is 9.59 Å². The Bertz CT molecular complexity index is 1600. The van der Waals surface area contributed by atoms with Crippen LogP contribution in [0.1, 0.15) is 85.8 Å². The van der Waals surface area contributed by atoms with Crippen LogP contribution in [0.25, 0.3) is 11.1 Å². The fourth-order valence-corrected chi connectivity index (χ4v) is 17.4. The van der Waals surface area contributed by atoms with Crippen LogP contribution in [0.2, 0.25) is 54.4 Å². The summed E-state index contributed by atoms with van der Waals surface area (Å²) in [7, 11) is -5.24. The summed E-state index contributed by atoms with van der Waals surface area (Å²) in [6.07, 6.45) is -4.90. The van der Waals surface area contributed by atoms with Gasteiger partial charge >= 0.3 is 18.0 Å². The van der Waals surface area contributed by atoms with Gasteiger partial charge in [-0.3, -0.25) is 4.79 Å². The Morgan fingerprint density at radius 2 is 1.08 bits per heavy atom. The molecule has 1 amide bonds. The number of esters is 1. The Hall–Kier alpha value is -2.90. The number of nitrogens with one attached hydrogen (secondary N) is 1. The normalized spacial score (nSPS) is 21.4. The van der Waals surface area contributed by atoms with Crippen LogP contribution in [0.3, 0.4) is 0 Å². The smallest absolute Gasteiger partial charge is 0.407 e. The molecule has 59 heavy (non-hydrogen) atoms.